The van der Waals surface area contributed by atoms with Gasteiger partial charge in [-0.25, -0.2) is 0 Å². The monoisotopic (exact) mass is 287 g/mol. The topological polar surface area (TPSA) is 68.5 Å². The van der Waals surface area contributed by atoms with Crippen molar-refractivity contribution in [1.29, 1.82) is 0 Å². The van der Waals surface area contributed by atoms with E-state index in [9.17, 15) is 9.59 Å². The quantitative estimate of drug-likeness (QED) is 0.829. The van der Waals surface area contributed by atoms with Gasteiger partial charge in [-0.2, -0.15) is 0 Å². The molecule has 110 valence electrons. The predicted molar refractivity (Wildman–Crippen MR) is 76.6 cm³/mol. The smallest absolute Gasteiger partial charge is 0.308 e. The van der Waals surface area contributed by atoms with Crippen LogP contribution in [0.4, 0.5) is 0 Å². The fourth-order valence-electron chi connectivity index (χ4n) is 1.82. The van der Waals surface area contributed by atoms with E-state index < -0.39 is 0 Å². The van der Waals surface area contributed by atoms with Crippen LogP contribution in [-0.4, -0.2) is 18.4 Å². The number of benzene rings is 1. The van der Waals surface area contributed by atoms with Gasteiger partial charge in [0.05, 0.1) is 12.7 Å². The van der Waals surface area contributed by atoms with E-state index in [2.05, 4.69) is 5.32 Å². The summed E-state index contributed by atoms with van der Waals surface area (Å²) >= 11 is 0. The van der Waals surface area contributed by atoms with Crippen molar-refractivity contribution in [1.82, 2.24) is 5.32 Å². The molecule has 0 aliphatic heterocycles. The lowest BCUT2D eigenvalue weighted by Crippen LogP contribution is -2.26. The third kappa shape index (κ3) is 4.49. The van der Waals surface area contributed by atoms with E-state index in [0.717, 1.165) is 5.56 Å². The highest BCUT2D eigenvalue weighted by atomic mass is 16.5. The van der Waals surface area contributed by atoms with Gasteiger partial charge < -0.3 is 14.5 Å². The van der Waals surface area contributed by atoms with Crippen molar-refractivity contribution >= 4 is 11.9 Å². The summed E-state index contributed by atoms with van der Waals surface area (Å²) in [4.78, 5) is 23.3. The Morgan fingerprint density at radius 3 is 2.62 bits per heavy atom. The van der Waals surface area contributed by atoms with Crippen LogP contribution in [-0.2, 0) is 9.53 Å². The highest BCUT2D eigenvalue weighted by Gasteiger charge is 2.12. The van der Waals surface area contributed by atoms with Crippen LogP contribution in [0.15, 0.2) is 53.1 Å². The van der Waals surface area contributed by atoms with Crippen molar-refractivity contribution < 1.29 is 18.7 Å². The minimum Gasteiger partial charge on any atom is -0.459 e. The molecule has 21 heavy (non-hydrogen) atoms. The zero-order valence-corrected chi connectivity index (χ0v) is 11.7. The Labute approximate surface area is 122 Å². The normalized spacial score (nSPS) is 11.7. The van der Waals surface area contributed by atoms with E-state index >= 15 is 0 Å². The van der Waals surface area contributed by atoms with E-state index in [4.69, 9.17) is 9.15 Å². The predicted octanol–water partition coefficient (Wildman–Crippen LogP) is 2.70. The maximum Gasteiger partial charge on any atom is 0.308 e. The molecule has 0 saturated heterocycles. The van der Waals surface area contributed by atoms with E-state index in [0.29, 0.717) is 0 Å². The van der Waals surface area contributed by atoms with Gasteiger partial charge in [-0.1, -0.05) is 30.3 Å². The first-order valence-electron chi connectivity index (χ1n) is 6.73. The first-order valence-corrected chi connectivity index (χ1v) is 6.73. The van der Waals surface area contributed by atoms with E-state index in [1.54, 1.807) is 12.1 Å². The molecular weight excluding hydrogens is 270 g/mol. The molecular formula is C16H17NO4. The number of ether oxygens (including phenoxy) is 1. The van der Waals surface area contributed by atoms with Crippen molar-refractivity contribution in [3.05, 3.63) is 60.1 Å². The van der Waals surface area contributed by atoms with Crippen LogP contribution < -0.4 is 5.32 Å². The lowest BCUT2D eigenvalue weighted by Gasteiger charge is -2.13. The number of hydrogen-bond donors (Lipinski definition) is 1. The largest absolute Gasteiger partial charge is 0.459 e. The van der Waals surface area contributed by atoms with Crippen molar-refractivity contribution in [3.63, 3.8) is 0 Å². The van der Waals surface area contributed by atoms with E-state index in [1.807, 2.05) is 37.3 Å². The van der Waals surface area contributed by atoms with Crippen LogP contribution in [0.2, 0.25) is 0 Å². The molecule has 5 nitrogen and oxygen atoms in total. The maximum atomic E-state index is 11.7. The Morgan fingerprint density at radius 2 is 1.95 bits per heavy atom. The molecule has 1 amide bonds. The standard InChI is InChI=1S/C16H17NO4/c1-12(13-6-3-2-4-7-13)21-15(18)9-10-17-16(19)14-8-5-11-20-14/h2-8,11-12H,9-10H2,1H3,(H,17,19). The summed E-state index contributed by atoms with van der Waals surface area (Å²) in [5.74, 6) is -0.476. The fourth-order valence-corrected chi connectivity index (χ4v) is 1.82. The molecule has 0 aliphatic rings. The van der Waals surface area contributed by atoms with Gasteiger partial charge in [-0.3, -0.25) is 9.59 Å². The number of rotatable bonds is 6. The zero-order valence-electron chi connectivity index (χ0n) is 11.7. The average Bonchev–Trinajstić information content (AvgIpc) is 3.02. The summed E-state index contributed by atoms with van der Waals surface area (Å²) in [5, 5.41) is 2.60. The van der Waals surface area contributed by atoms with Gasteiger partial charge in [0.1, 0.15) is 6.10 Å². The molecule has 0 bridgehead atoms. The minimum absolute atomic E-state index is 0.115. The molecule has 0 fully saturated rings. The van der Waals surface area contributed by atoms with E-state index in [-0.39, 0.29) is 36.7 Å². The van der Waals surface area contributed by atoms with Gasteiger partial charge in [-0.05, 0) is 24.6 Å². The Morgan fingerprint density at radius 1 is 1.19 bits per heavy atom. The van der Waals surface area contributed by atoms with Gasteiger partial charge in [0.25, 0.3) is 5.91 Å². The zero-order chi connectivity index (χ0) is 15.1. The Kier molecular flexibility index (Phi) is 5.15. The molecule has 0 saturated carbocycles. The SMILES string of the molecule is CC(OC(=O)CCNC(=O)c1ccco1)c1ccccc1. The molecule has 1 heterocycles. The van der Waals surface area contributed by atoms with Gasteiger partial charge in [-0.15, -0.1) is 0 Å². The lowest BCUT2D eigenvalue weighted by molar-refractivity contribution is -0.148. The van der Waals surface area contributed by atoms with E-state index in [1.165, 1.54) is 6.26 Å². The van der Waals surface area contributed by atoms with Crippen molar-refractivity contribution in [2.45, 2.75) is 19.4 Å². The minimum atomic E-state index is -0.355. The van der Waals surface area contributed by atoms with Gasteiger partial charge >= 0.3 is 5.97 Å². The highest BCUT2D eigenvalue weighted by molar-refractivity contribution is 5.91. The Bertz CT molecular complexity index is 578. The number of hydrogen-bond acceptors (Lipinski definition) is 4. The maximum absolute atomic E-state index is 11.7. The number of nitrogens with one attached hydrogen (secondary N) is 1. The summed E-state index contributed by atoms with van der Waals surface area (Å²) in [5.41, 5.74) is 0.936. The second kappa shape index (κ2) is 7.28. The molecule has 5 heteroatoms. The summed E-state index contributed by atoms with van der Waals surface area (Å²) in [6, 6.07) is 12.7. The summed E-state index contributed by atoms with van der Waals surface area (Å²) in [6.45, 7) is 2.02. The first-order chi connectivity index (χ1) is 10.2. The highest BCUT2D eigenvalue weighted by Crippen LogP contribution is 2.16. The molecule has 1 aromatic carbocycles. The Hall–Kier alpha value is -2.56. The lowest BCUT2D eigenvalue weighted by atomic mass is 10.1. The Balaban J connectivity index is 1.71. The molecule has 0 aliphatic carbocycles. The summed E-state index contributed by atoms with van der Waals surface area (Å²) < 4.78 is 10.2. The molecule has 0 radical (unpaired) electrons. The number of esters is 1. The van der Waals surface area contributed by atoms with Crippen molar-refractivity contribution in [2.24, 2.45) is 0 Å². The second-order valence-corrected chi connectivity index (χ2v) is 4.53. The third-order valence-corrected chi connectivity index (χ3v) is 2.94. The average molecular weight is 287 g/mol. The van der Waals surface area contributed by atoms with Crippen LogP contribution >= 0.6 is 0 Å². The van der Waals surface area contributed by atoms with Crippen molar-refractivity contribution in [3.8, 4) is 0 Å². The van der Waals surface area contributed by atoms with Gasteiger partial charge in [0.2, 0.25) is 0 Å². The second-order valence-electron chi connectivity index (χ2n) is 4.53. The fraction of sp³-hybridized carbons (Fsp3) is 0.250. The molecule has 1 atom stereocenters. The van der Waals surface area contributed by atoms with Crippen LogP contribution in [0.25, 0.3) is 0 Å². The molecule has 1 unspecified atom stereocenters. The van der Waals surface area contributed by atoms with Crippen LogP contribution in [0.5, 0.6) is 0 Å². The van der Waals surface area contributed by atoms with Crippen LogP contribution in [0, 0.1) is 0 Å². The number of furan rings is 1. The molecule has 2 rings (SSSR count). The summed E-state index contributed by atoms with van der Waals surface area (Å²) in [6.07, 6.45) is 1.23. The number of amides is 1. The van der Waals surface area contributed by atoms with Crippen LogP contribution in [0.3, 0.4) is 0 Å². The molecule has 1 N–H and O–H groups in total. The first kappa shape index (κ1) is 14.8. The number of carbonyl (C=O) groups excluding carboxylic acids is 2. The number of carbonyl (C=O) groups is 2. The molecule has 1 aromatic heterocycles. The summed E-state index contributed by atoms with van der Waals surface area (Å²) in [7, 11) is 0. The van der Waals surface area contributed by atoms with Gasteiger partial charge in [0, 0.05) is 6.54 Å². The van der Waals surface area contributed by atoms with Gasteiger partial charge in [0.15, 0.2) is 5.76 Å². The van der Waals surface area contributed by atoms with Crippen molar-refractivity contribution in [2.75, 3.05) is 6.54 Å². The molecule has 0 spiro atoms. The third-order valence-electron chi connectivity index (χ3n) is 2.94. The molecule has 2 aromatic rings. The van der Waals surface area contributed by atoms with Crippen LogP contribution in [0.1, 0.15) is 35.6 Å².